The maximum absolute atomic E-state index is 12.5. The van der Waals surface area contributed by atoms with E-state index in [1.54, 1.807) is 0 Å². The Morgan fingerprint density at radius 3 is 2.81 bits per heavy atom. The molecule has 1 aromatic carbocycles. The monoisotopic (exact) mass is 288 g/mol. The molecule has 1 aliphatic rings. The molecule has 2 atom stereocenters. The van der Waals surface area contributed by atoms with Crippen LogP contribution in [0.1, 0.15) is 58.6 Å². The minimum atomic E-state index is 0.124. The van der Waals surface area contributed by atoms with Crippen LogP contribution in [0.4, 0.5) is 5.69 Å². The second-order valence-electron chi connectivity index (χ2n) is 6.83. The van der Waals surface area contributed by atoms with Gasteiger partial charge in [-0.15, -0.1) is 0 Å². The van der Waals surface area contributed by atoms with E-state index in [1.165, 1.54) is 5.56 Å². The van der Waals surface area contributed by atoms with Gasteiger partial charge in [0.15, 0.2) is 0 Å². The van der Waals surface area contributed by atoms with Crippen LogP contribution in [-0.2, 0) is 4.79 Å². The molecular formula is C18H28N2O. The predicted octanol–water partition coefficient (Wildman–Crippen LogP) is 4.12. The number of carbonyl (C=O) groups is 1. The predicted molar refractivity (Wildman–Crippen MR) is 88.3 cm³/mol. The molecule has 1 aliphatic carbocycles. The van der Waals surface area contributed by atoms with Gasteiger partial charge in [0.25, 0.3) is 0 Å². The van der Waals surface area contributed by atoms with Gasteiger partial charge in [-0.3, -0.25) is 4.79 Å². The summed E-state index contributed by atoms with van der Waals surface area (Å²) in [6.07, 6.45) is 3.30. The summed E-state index contributed by atoms with van der Waals surface area (Å²) in [5.41, 5.74) is 2.24. The highest BCUT2D eigenvalue weighted by Crippen LogP contribution is 2.43. The first kappa shape index (κ1) is 16.0. The van der Waals surface area contributed by atoms with Crippen molar-refractivity contribution in [2.45, 2.75) is 53.0 Å². The van der Waals surface area contributed by atoms with E-state index >= 15 is 0 Å². The number of nitrogens with one attached hydrogen (secondary N) is 2. The molecule has 0 aliphatic heterocycles. The molecule has 2 unspecified atom stereocenters. The minimum absolute atomic E-state index is 0.124. The molecule has 116 valence electrons. The number of benzene rings is 1. The highest BCUT2D eigenvalue weighted by atomic mass is 16.1. The van der Waals surface area contributed by atoms with Gasteiger partial charge in [0.05, 0.1) is 0 Å². The van der Waals surface area contributed by atoms with Crippen LogP contribution in [0.3, 0.4) is 0 Å². The van der Waals surface area contributed by atoms with Crippen molar-refractivity contribution in [1.29, 1.82) is 0 Å². The zero-order valence-electron chi connectivity index (χ0n) is 13.7. The van der Waals surface area contributed by atoms with Gasteiger partial charge in [0.1, 0.15) is 0 Å². The molecule has 1 aromatic rings. The van der Waals surface area contributed by atoms with Gasteiger partial charge in [-0.25, -0.2) is 0 Å². The second kappa shape index (κ2) is 6.61. The zero-order valence-corrected chi connectivity index (χ0v) is 13.7. The van der Waals surface area contributed by atoms with Crippen molar-refractivity contribution in [2.75, 3.05) is 11.9 Å². The summed E-state index contributed by atoms with van der Waals surface area (Å²) in [7, 11) is 0. The number of amides is 1. The molecule has 2 rings (SSSR count). The highest BCUT2D eigenvalue weighted by Gasteiger charge is 2.39. The maximum atomic E-state index is 12.5. The van der Waals surface area contributed by atoms with E-state index in [1.807, 2.05) is 12.1 Å². The van der Waals surface area contributed by atoms with E-state index in [0.717, 1.165) is 31.5 Å². The zero-order chi connectivity index (χ0) is 15.5. The van der Waals surface area contributed by atoms with Crippen LogP contribution in [0.5, 0.6) is 0 Å². The summed E-state index contributed by atoms with van der Waals surface area (Å²) in [6, 6.07) is 8.46. The third kappa shape index (κ3) is 3.85. The normalized spacial score (nSPS) is 22.0. The van der Waals surface area contributed by atoms with Crippen LogP contribution in [0.2, 0.25) is 0 Å². The summed E-state index contributed by atoms with van der Waals surface area (Å²) in [5, 5.41) is 6.51. The van der Waals surface area contributed by atoms with E-state index in [0.29, 0.717) is 6.04 Å². The van der Waals surface area contributed by atoms with Crippen molar-refractivity contribution in [3.05, 3.63) is 29.8 Å². The maximum Gasteiger partial charge on any atom is 0.228 e. The van der Waals surface area contributed by atoms with Crippen molar-refractivity contribution in [3.8, 4) is 0 Å². The van der Waals surface area contributed by atoms with E-state index in [9.17, 15) is 4.79 Å². The fraction of sp³-hybridized carbons (Fsp3) is 0.611. The topological polar surface area (TPSA) is 41.1 Å². The van der Waals surface area contributed by atoms with Gasteiger partial charge < -0.3 is 10.6 Å². The van der Waals surface area contributed by atoms with Crippen LogP contribution >= 0.6 is 0 Å². The number of anilines is 1. The molecular weight excluding hydrogens is 260 g/mol. The Kier molecular flexibility index (Phi) is 5.04. The van der Waals surface area contributed by atoms with Crippen LogP contribution in [-0.4, -0.2) is 12.5 Å². The quantitative estimate of drug-likeness (QED) is 0.855. The average Bonchev–Trinajstić information content (AvgIpc) is 2.79. The summed E-state index contributed by atoms with van der Waals surface area (Å²) < 4.78 is 0. The molecule has 1 amide bonds. The standard InChI is InChI=1S/C18H28N2O/c1-5-19-13(2)14-8-6-9-15(12-14)20-17(21)16-10-7-11-18(16,3)4/h6,8-9,12-13,16,19H,5,7,10-11H2,1-4H3,(H,20,21). The van der Waals surface area contributed by atoms with Gasteiger partial charge in [0.2, 0.25) is 5.91 Å². The largest absolute Gasteiger partial charge is 0.326 e. The van der Waals surface area contributed by atoms with Crippen molar-refractivity contribution in [2.24, 2.45) is 11.3 Å². The lowest BCUT2D eigenvalue weighted by atomic mass is 9.81. The van der Waals surface area contributed by atoms with E-state index < -0.39 is 0 Å². The Hall–Kier alpha value is -1.35. The molecule has 3 heteroatoms. The Labute approximate surface area is 128 Å². The van der Waals surface area contributed by atoms with Crippen molar-refractivity contribution in [1.82, 2.24) is 5.32 Å². The molecule has 3 nitrogen and oxygen atoms in total. The van der Waals surface area contributed by atoms with E-state index in [4.69, 9.17) is 0 Å². The van der Waals surface area contributed by atoms with Crippen molar-refractivity contribution < 1.29 is 4.79 Å². The first-order valence-corrected chi connectivity index (χ1v) is 8.08. The number of hydrogen-bond acceptors (Lipinski definition) is 2. The van der Waals surface area contributed by atoms with Gasteiger partial charge in [-0.2, -0.15) is 0 Å². The van der Waals surface area contributed by atoms with Crippen LogP contribution in [0.15, 0.2) is 24.3 Å². The van der Waals surface area contributed by atoms with E-state index in [2.05, 4.69) is 50.5 Å². The molecule has 1 fully saturated rings. The lowest BCUT2D eigenvalue weighted by molar-refractivity contribution is -0.122. The molecule has 21 heavy (non-hydrogen) atoms. The lowest BCUT2D eigenvalue weighted by Gasteiger charge is -2.26. The van der Waals surface area contributed by atoms with Gasteiger partial charge in [-0.05, 0) is 49.4 Å². The Bertz CT molecular complexity index is 496. The smallest absolute Gasteiger partial charge is 0.228 e. The van der Waals surface area contributed by atoms with Gasteiger partial charge in [-0.1, -0.05) is 39.3 Å². The van der Waals surface area contributed by atoms with E-state index in [-0.39, 0.29) is 17.2 Å². The first-order chi connectivity index (χ1) is 9.94. The fourth-order valence-corrected chi connectivity index (χ4v) is 3.35. The second-order valence-corrected chi connectivity index (χ2v) is 6.83. The Morgan fingerprint density at radius 2 is 2.19 bits per heavy atom. The molecule has 2 N–H and O–H groups in total. The number of rotatable bonds is 5. The fourth-order valence-electron chi connectivity index (χ4n) is 3.35. The molecule has 0 aromatic heterocycles. The third-order valence-corrected chi connectivity index (χ3v) is 4.74. The minimum Gasteiger partial charge on any atom is -0.326 e. The number of hydrogen-bond donors (Lipinski definition) is 2. The molecule has 0 spiro atoms. The Morgan fingerprint density at radius 1 is 1.43 bits per heavy atom. The SMILES string of the molecule is CCNC(C)c1cccc(NC(=O)C2CCCC2(C)C)c1. The molecule has 0 bridgehead atoms. The molecule has 1 saturated carbocycles. The molecule has 0 saturated heterocycles. The highest BCUT2D eigenvalue weighted by molar-refractivity contribution is 5.93. The molecule has 0 heterocycles. The summed E-state index contributed by atoms with van der Waals surface area (Å²) in [5.74, 6) is 0.304. The summed E-state index contributed by atoms with van der Waals surface area (Å²) in [6.45, 7) is 9.59. The van der Waals surface area contributed by atoms with Crippen molar-refractivity contribution in [3.63, 3.8) is 0 Å². The summed E-state index contributed by atoms with van der Waals surface area (Å²) in [4.78, 5) is 12.5. The Balaban J connectivity index is 2.06. The molecule has 0 radical (unpaired) electrons. The van der Waals surface area contributed by atoms with Gasteiger partial charge >= 0.3 is 0 Å². The third-order valence-electron chi connectivity index (χ3n) is 4.74. The number of carbonyl (C=O) groups excluding carboxylic acids is 1. The lowest BCUT2D eigenvalue weighted by Crippen LogP contribution is -2.30. The average molecular weight is 288 g/mol. The summed E-state index contributed by atoms with van der Waals surface area (Å²) >= 11 is 0. The van der Waals surface area contributed by atoms with Crippen molar-refractivity contribution >= 4 is 11.6 Å². The van der Waals surface area contributed by atoms with Crippen LogP contribution in [0.25, 0.3) is 0 Å². The first-order valence-electron chi connectivity index (χ1n) is 8.08. The van der Waals surface area contributed by atoms with Crippen LogP contribution < -0.4 is 10.6 Å². The van der Waals surface area contributed by atoms with Gasteiger partial charge in [0, 0.05) is 17.6 Å². The van der Waals surface area contributed by atoms with Crippen LogP contribution in [0, 0.1) is 11.3 Å².